The number of carbonyl (C=O) groups excluding carboxylic acids is 2. The minimum atomic E-state index is -0.279. The number of likely N-dealkylation sites (tertiary alicyclic amines) is 1. The van der Waals surface area contributed by atoms with E-state index in [1.807, 2.05) is 11.0 Å². The topological polar surface area (TPSA) is 59.1 Å². The first-order valence-corrected chi connectivity index (χ1v) is 9.30. The van der Waals surface area contributed by atoms with E-state index >= 15 is 0 Å². The first-order valence-electron chi connectivity index (χ1n) is 9.30. The fourth-order valence-corrected chi connectivity index (χ4v) is 4.18. The van der Waals surface area contributed by atoms with E-state index in [1.54, 1.807) is 31.3 Å². The molecule has 0 aliphatic carbocycles. The van der Waals surface area contributed by atoms with Crippen LogP contribution in [0.25, 0.3) is 0 Å². The molecule has 2 amide bonds. The van der Waals surface area contributed by atoms with E-state index in [0.717, 1.165) is 24.9 Å². The lowest BCUT2D eigenvalue weighted by atomic mass is 9.94. The van der Waals surface area contributed by atoms with Crippen LogP contribution in [0.1, 0.15) is 39.5 Å². The van der Waals surface area contributed by atoms with Gasteiger partial charge in [-0.3, -0.25) is 9.59 Å². The zero-order valence-electron chi connectivity index (χ0n) is 16.0. The molecule has 2 aliphatic rings. The summed E-state index contributed by atoms with van der Waals surface area (Å²) in [7, 11) is 3.15. The summed E-state index contributed by atoms with van der Waals surface area (Å²) in [6, 6.07) is 5.90. The summed E-state index contributed by atoms with van der Waals surface area (Å²) in [5, 5.41) is 0. The van der Waals surface area contributed by atoms with Crippen molar-refractivity contribution in [1.82, 2.24) is 4.90 Å². The highest BCUT2D eigenvalue weighted by Gasteiger charge is 2.40. The van der Waals surface area contributed by atoms with Gasteiger partial charge in [0, 0.05) is 36.8 Å². The zero-order chi connectivity index (χ0) is 18.8. The molecule has 2 fully saturated rings. The average molecular weight is 360 g/mol. The predicted molar refractivity (Wildman–Crippen MR) is 99.6 cm³/mol. The lowest BCUT2D eigenvalue weighted by molar-refractivity contribution is -0.141. The molecule has 0 spiro atoms. The van der Waals surface area contributed by atoms with Crippen LogP contribution in [0, 0.1) is 5.92 Å². The summed E-state index contributed by atoms with van der Waals surface area (Å²) in [5.41, 5.74) is 0.739. The minimum Gasteiger partial charge on any atom is -0.493 e. The number of hydrogen-bond acceptors (Lipinski definition) is 4. The van der Waals surface area contributed by atoms with Crippen LogP contribution in [0.5, 0.6) is 11.5 Å². The quantitative estimate of drug-likeness (QED) is 0.828. The van der Waals surface area contributed by atoms with Crippen molar-refractivity contribution in [3.8, 4) is 11.5 Å². The van der Waals surface area contributed by atoms with Crippen LogP contribution < -0.4 is 14.4 Å². The predicted octanol–water partition coefficient (Wildman–Crippen LogP) is 2.85. The lowest BCUT2D eigenvalue weighted by Crippen LogP contribution is -2.50. The van der Waals surface area contributed by atoms with Crippen LogP contribution in [0.2, 0.25) is 0 Å². The van der Waals surface area contributed by atoms with Crippen LogP contribution in [0.4, 0.5) is 5.69 Å². The number of hydrogen-bond donors (Lipinski definition) is 0. The van der Waals surface area contributed by atoms with Gasteiger partial charge >= 0.3 is 0 Å². The molecule has 2 saturated heterocycles. The van der Waals surface area contributed by atoms with Gasteiger partial charge in [-0.15, -0.1) is 0 Å². The maximum atomic E-state index is 13.1. The first-order chi connectivity index (χ1) is 12.5. The normalized spacial score (nSPS) is 26.2. The molecule has 6 nitrogen and oxygen atoms in total. The van der Waals surface area contributed by atoms with E-state index < -0.39 is 0 Å². The third kappa shape index (κ3) is 3.37. The molecule has 0 N–H and O–H groups in total. The van der Waals surface area contributed by atoms with Gasteiger partial charge in [-0.25, -0.2) is 0 Å². The monoisotopic (exact) mass is 360 g/mol. The highest BCUT2D eigenvalue weighted by Crippen LogP contribution is 2.35. The van der Waals surface area contributed by atoms with Gasteiger partial charge in [0.1, 0.15) is 0 Å². The molecule has 3 rings (SSSR count). The molecule has 2 aliphatic heterocycles. The Kier molecular flexibility index (Phi) is 5.39. The molecule has 142 valence electrons. The smallest absolute Gasteiger partial charge is 0.228 e. The second kappa shape index (κ2) is 7.56. The number of carbonyl (C=O) groups is 2. The summed E-state index contributed by atoms with van der Waals surface area (Å²) in [6.07, 6.45) is 3.50. The lowest BCUT2D eigenvalue weighted by Gasteiger charge is -2.40. The van der Waals surface area contributed by atoms with Crippen molar-refractivity contribution >= 4 is 17.5 Å². The molecule has 0 radical (unpaired) electrons. The van der Waals surface area contributed by atoms with Gasteiger partial charge in [0.25, 0.3) is 0 Å². The van der Waals surface area contributed by atoms with Gasteiger partial charge in [0.2, 0.25) is 11.8 Å². The third-order valence-electron chi connectivity index (χ3n) is 5.60. The number of nitrogens with zero attached hydrogens (tertiary/aromatic N) is 2. The number of rotatable bonds is 4. The highest BCUT2D eigenvalue weighted by atomic mass is 16.5. The van der Waals surface area contributed by atoms with E-state index in [0.29, 0.717) is 18.0 Å². The summed E-state index contributed by atoms with van der Waals surface area (Å²) >= 11 is 0. The highest BCUT2D eigenvalue weighted by molar-refractivity contribution is 6.00. The van der Waals surface area contributed by atoms with E-state index in [9.17, 15) is 9.59 Å². The largest absolute Gasteiger partial charge is 0.493 e. The number of benzene rings is 1. The fraction of sp³-hybridized carbons (Fsp3) is 0.600. The molecular formula is C20H28N2O4. The van der Waals surface area contributed by atoms with E-state index in [1.165, 1.54) is 0 Å². The Hall–Kier alpha value is -2.24. The second-order valence-electron chi connectivity index (χ2n) is 7.32. The van der Waals surface area contributed by atoms with Crippen molar-refractivity contribution in [2.45, 2.75) is 51.6 Å². The third-order valence-corrected chi connectivity index (χ3v) is 5.60. The number of amides is 2. The molecule has 3 atom stereocenters. The molecule has 0 aromatic heterocycles. The summed E-state index contributed by atoms with van der Waals surface area (Å²) in [6.45, 7) is 4.63. The van der Waals surface area contributed by atoms with Crippen LogP contribution in [0.3, 0.4) is 0 Å². The van der Waals surface area contributed by atoms with Crippen molar-refractivity contribution in [2.24, 2.45) is 5.92 Å². The Bertz CT molecular complexity index is 680. The van der Waals surface area contributed by atoms with Gasteiger partial charge in [0.15, 0.2) is 11.5 Å². The van der Waals surface area contributed by atoms with Crippen LogP contribution in [-0.2, 0) is 9.59 Å². The number of piperidine rings is 1. The van der Waals surface area contributed by atoms with Crippen LogP contribution >= 0.6 is 0 Å². The van der Waals surface area contributed by atoms with Gasteiger partial charge in [0.05, 0.1) is 20.1 Å². The molecule has 1 aromatic rings. The Morgan fingerprint density at radius 1 is 1.08 bits per heavy atom. The molecule has 3 unspecified atom stereocenters. The SMILES string of the molecule is COc1ccc(N2CC(C(=O)N3C(C)CCCC3C)CC2=O)cc1OC. The molecule has 0 bridgehead atoms. The van der Waals surface area contributed by atoms with E-state index in [-0.39, 0.29) is 36.2 Å². The van der Waals surface area contributed by atoms with Crippen molar-refractivity contribution in [3.63, 3.8) is 0 Å². The van der Waals surface area contributed by atoms with Crippen LogP contribution in [0.15, 0.2) is 18.2 Å². The molecule has 26 heavy (non-hydrogen) atoms. The Balaban J connectivity index is 1.77. The molecule has 6 heteroatoms. The maximum absolute atomic E-state index is 13.1. The van der Waals surface area contributed by atoms with Crippen molar-refractivity contribution < 1.29 is 19.1 Å². The Labute approximate surface area is 155 Å². The maximum Gasteiger partial charge on any atom is 0.228 e. The van der Waals surface area contributed by atoms with Gasteiger partial charge in [-0.1, -0.05) is 0 Å². The summed E-state index contributed by atoms with van der Waals surface area (Å²) in [4.78, 5) is 29.3. The van der Waals surface area contributed by atoms with Crippen molar-refractivity contribution in [3.05, 3.63) is 18.2 Å². The fourth-order valence-electron chi connectivity index (χ4n) is 4.18. The molecule has 2 heterocycles. The average Bonchev–Trinajstić information content (AvgIpc) is 3.02. The number of methoxy groups -OCH3 is 2. The number of ether oxygens (including phenoxy) is 2. The van der Waals surface area contributed by atoms with Crippen molar-refractivity contribution in [1.29, 1.82) is 0 Å². The van der Waals surface area contributed by atoms with E-state index in [2.05, 4.69) is 13.8 Å². The summed E-state index contributed by atoms with van der Waals surface area (Å²) < 4.78 is 10.6. The Morgan fingerprint density at radius 3 is 2.35 bits per heavy atom. The van der Waals surface area contributed by atoms with Gasteiger partial charge in [-0.05, 0) is 45.2 Å². The second-order valence-corrected chi connectivity index (χ2v) is 7.32. The van der Waals surface area contributed by atoms with Crippen LogP contribution in [-0.4, -0.2) is 49.6 Å². The van der Waals surface area contributed by atoms with Gasteiger partial charge < -0.3 is 19.3 Å². The molecule has 1 aromatic carbocycles. The van der Waals surface area contributed by atoms with E-state index in [4.69, 9.17) is 9.47 Å². The minimum absolute atomic E-state index is 0.0205. The molecule has 0 saturated carbocycles. The zero-order valence-corrected chi connectivity index (χ0v) is 16.0. The summed E-state index contributed by atoms with van der Waals surface area (Å²) in [5.74, 6) is 1.00. The Morgan fingerprint density at radius 2 is 1.73 bits per heavy atom. The molecular weight excluding hydrogens is 332 g/mol. The van der Waals surface area contributed by atoms with Gasteiger partial charge in [-0.2, -0.15) is 0 Å². The van der Waals surface area contributed by atoms with Crippen molar-refractivity contribution in [2.75, 3.05) is 25.7 Å². The number of anilines is 1. The first kappa shape index (κ1) is 18.5. The standard InChI is InChI=1S/C20H28N2O4/c1-13-6-5-7-14(2)22(13)20(24)15-10-19(23)21(12-15)16-8-9-17(25-3)18(11-16)26-4/h8-9,11,13-15H,5-7,10,12H2,1-4H3.